The Morgan fingerprint density at radius 2 is 1.84 bits per heavy atom. The molecule has 1 N–H and O–H groups in total. The summed E-state index contributed by atoms with van der Waals surface area (Å²) in [6.07, 6.45) is 3.37. The molecule has 5 heteroatoms. The maximum Gasteiger partial charge on any atom is 0.237 e. The molecular weight excluding hydrogens is 312 g/mol. The second-order valence-corrected chi connectivity index (χ2v) is 7.53. The number of likely N-dealkylation sites (tertiary alicyclic amines) is 1. The Morgan fingerprint density at radius 3 is 2.52 bits per heavy atom. The molecule has 2 saturated heterocycles. The van der Waals surface area contributed by atoms with Crippen molar-refractivity contribution >= 4 is 11.6 Å². The third-order valence-corrected chi connectivity index (χ3v) is 5.49. The Kier molecular flexibility index (Phi) is 6.32. The zero-order valence-electron chi connectivity index (χ0n) is 15.7. The van der Waals surface area contributed by atoms with Crippen LogP contribution in [-0.2, 0) is 4.79 Å². The maximum absolute atomic E-state index is 12.5. The number of piperidine rings is 1. The van der Waals surface area contributed by atoms with Gasteiger partial charge in [0.25, 0.3) is 0 Å². The molecule has 0 aliphatic carbocycles. The van der Waals surface area contributed by atoms with Crippen LogP contribution in [0.3, 0.4) is 0 Å². The molecule has 2 atom stereocenters. The summed E-state index contributed by atoms with van der Waals surface area (Å²) in [6.45, 7) is 8.31. The predicted octanol–water partition coefficient (Wildman–Crippen LogP) is 1.80. The number of para-hydroxylation sites is 1. The van der Waals surface area contributed by atoms with E-state index in [1.54, 1.807) is 0 Å². The molecule has 0 unspecified atom stereocenters. The highest BCUT2D eigenvalue weighted by atomic mass is 16.2. The van der Waals surface area contributed by atoms with Gasteiger partial charge in [0.15, 0.2) is 0 Å². The van der Waals surface area contributed by atoms with E-state index in [-0.39, 0.29) is 18.0 Å². The highest BCUT2D eigenvalue weighted by Crippen LogP contribution is 2.17. The van der Waals surface area contributed by atoms with Crippen LogP contribution < -0.4 is 10.2 Å². The molecule has 1 aromatic rings. The number of amides is 1. The number of rotatable bonds is 5. The maximum atomic E-state index is 12.5. The highest BCUT2D eigenvalue weighted by Gasteiger charge is 2.27. The van der Waals surface area contributed by atoms with Crippen molar-refractivity contribution in [3.05, 3.63) is 30.3 Å². The second-order valence-electron chi connectivity index (χ2n) is 7.53. The van der Waals surface area contributed by atoms with Crippen LogP contribution in [0.25, 0.3) is 0 Å². The summed E-state index contributed by atoms with van der Waals surface area (Å²) in [5.41, 5.74) is 1.31. The number of carbonyl (C=O) groups excluding carboxylic acids is 1. The third-order valence-electron chi connectivity index (χ3n) is 5.49. The highest BCUT2D eigenvalue weighted by molar-refractivity contribution is 5.82. The number of hydrogen-bond acceptors (Lipinski definition) is 4. The summed E-state index contributed by atoms with van der Waals surface area (Å²) in [5, 5.41) is 3.23. The standard InChI is InChI=1S/C20H32N4O/c1-17(21-20(25)19-10-6-7-11-22(19)2)16-23-12-14-24(15-13-23)18-8-4-3-5-9-18/h3-5,8-9,17,19H,6-7,10-16H2,1-2H3,(H,21,25)/t17-,19+/m0/s1. The summed E-state index contributed by atoms with van der Waals surface area (Å²) in [4.78, 5) is 19.6. The van der Waals surface area contributed by atoms with E-state index in [1.165, 1.54) is 12.1 Å². The molecule has 0 aromatic heterocycles. The van der Waals surface area contributed by atoms with Gasteiger partial charge in [0.2, 0.25) is 5.91 Å². The molecule has 0 spiro atoms. The van der Waals surface area contributed by atoms with E-state index in [1.807, 2.05) is 0 Å². The van der Waals surface area contributed by atoms with Crippen molar-refractivity contribution in [1.29, 1.82) is 0 Å². The summed E-state index contributed by atoms with van der Waals surface area (Å²) in [5.74, 6) is 0.206. The molecule has 2 aliphatic heterocycles. The third kappa shape index (κ3) is 4.95. The van der Waals surface area contributed by atoms with E-state index < -0.39 is 0 Å². The molecule has 138 valence electrons. The monoisotopic (exact) mass is 344 g/mol. The van der Waals surface area contributed by atoms with Gasteiger partial charge in [0.1, 0.15) is 0 Å². The predicted molar refractivity (Wildman–Crippen MR) is 103 cm³/mol. The lowest BCUT2D eigenvalue weighted by Crippen LogP contribution is -2.54. The average molecular weight is 345 g/mol. The largest absolute Gasteiger partial charge is 0.369 e. The van der Waals surface area contributed by atoms with Crippen LogP contribution in [0.1, 0.15) is 26.2 Å². The van der Waals surface area contributed by atoms with Crippen LogP contribution in [0.4, 0.5) is 5.69 Å². The van der Waals surface area contributed by atoms with Crippen LogP contribution in [0.15, 0.2) is 30.3 Å². The number of carbonyl (C=O) groups is 1. The first kappa shape index (κ1) is 18.2. The van der Waals surface area contributed by atoms with Gasteiger partial charge in [-0.25, -0.2) is 0 Å². The van der Waals surface area contributed by atoms with E-state index in [2.05, 4.69) is 64.3 Å². The summed E-state index contributed by atoms with van der Waals surface area (Å²) >= 11 is 0. The van der Waals surface area contributed by atoms with Crippen molar-refractivity contribution < 1.29 is 4.79 Å². The molecule has 1 aromatic carbocycles. The van der Waals surface area contributed by atoms with Crippen LogP contribution in [-0.4, -0.2) is 74.1 Å². The van der Waals surface area contributed by atoms with Crippen molar-refractivity contribution in [1.82, 2.24) is 15.1 Å². The fraction of sp³-hybridized carbons (Fsp3) is 0.650. The van der Waals surface area contributed by atoms with E-state index in [0.29, 0.717) is 0 Å². The van der Waals surface area contributed by atoms with Gasteiger partial charge in [-0.2, -0.15) is 0 Å². The Morgan fingerprint density at radius 1 is 1.12 bits per heavy atom. The van der Waals surface area contributed by atoms with Crippen LogP contribution in [0.2, 0.25) is 0 Å². The lowest BCUT2D eigenvalue weighted by atomic mass is 10.0. The van der Waals surface area contributed by atoms with Crippen molar-refractivity contribution in [3.63, 3.8) is 0 Å². The minimum absolute atomic E-state index is 0.0612. The number of nitrogens with zero attached hydrogens (tertiary/aromatic N) is 3. The smallest absolute Gasteiger partial charge is 0.237 e. The normalized spacial score (nSPS) is 24.1. The van der Waals surface area contributed by atoms with E-state index in [9.17, 15) is 4.79 Å². The van der Waals surface area contributed by atoms with Gasteiger partial charge in [-0.05, 0) is 45.5 Å². The van der Waals surface area contributed by atoms with E-state index in [0.717, 1.165) is 52.1 Å². The number of benzene rings is 1. The van der Waals surface area contributed by atoms with E-state index in [4.69, 9.17) is 0 Å². The average Bonchev–Trinajstić information content (AvgIpc) is 2.63. The fourth-order valence-electron chi connectivity index (χ4n) is 4.01. The zero-order valence-corrected chi connectivity index (χ0v) is 15.7. The molecule has 2 fully saturated rings. The number of anilines is 1. The molecule has 0 bridgehead atoms. The van der Waals surface area contributed by atoms with Crippen LogP contribution in [0.5, 0.6) is 0 Å². The summed E-state index contributed by atoms with van der Waals surface area (Å²) < 4.78 is 0. The van der Waals surface area contributed by atoms with Gasteiger partial charge in [-0.3, -0.25) is 14.6 Å². The lowest BCUT2D eigenvalue weighted by molar-refractivity contribution is -0.127. The zero-order chi connectivity index (χ0) is 17.6. The number of nitrogens with one attached hydrogen (secondary N) is 1. The summed E-state index contributed by atoms with van der Waals surface area (Å²) in [6, 6.07) is 10.9. The number of hydrogen-bond donors (Lipinski definition) is 1. The minimum atomic E-state index is 0.0612. The molecule has 5 nitrogen and oxygen atoms in total. The molecule has 25 heavy (non-hydrogen) atoms. The second kappa shape index (κ2) is 8.68. The van der Waals surface area contributed by atoms with E-state index >= 15 is 0 Å². The van der Waals surface area contributed by atoms with Crippen LogP contribution in [0, 0.1) is 0 Å². The van der Waals surface area contributed by atoms with Gasteiger partial charge in [0, 0.05) is 44.5 Å². The molecule has 3 rings (SSSR count). The minimum Gasteiger partial charge on any atom is -0.369 e. The van der Waals surface area contributed by atoms with Crippen molar-refractivity contribution in [2.24, 2.45) is 0 Å². The van der Waals surface area contributed by atoms with Crippen molar-refractivity contribution in [2.75, 3.05) is 51.2 Å². The van der Waals surface area contributed by atoms with Gasteiger partial charge < -0.3 is 10.2 Å². The molecule has 1 amide bonds. The topological polar surface area (TPSA) is 38.8 Å². The Labute approximate surface area is 152 Å². The SMILES string of the molecule is C[C@@H](CN1CCN(c2ccccc2)CC1)NC(=O)[C@H]1CCCCN1C. The summed E-state index contributed by atoms with van der Waals surface area (Å²) in [7, 11) is 2.07. The fourth-order valence-corrected chi connectivity index (χ4v) is 4.01. The van der Waals surface area contributed by atoms with Gasteiger partial charge in [-0.1, -0.05) is 24.6 Å². The van der Waals surface area contributed by atoms with Crippen LogP contribution >= 0.6 is 0 Å². The molecule has 0 saturated carbocycles. The Balaban J connectivity index is 1.41. The first-order chi connectivity index (χ1) is 12.1. The molecule has 2 aliphatic rings. The Bertz CT molecular complexity index is 542. The number of piperazine rings is 1. The van der Waals surface area contributed by atoms with Gasteiger partial charge in [-0.15, -0.1) is 0 Å². The van der Waals surface area contributed by atoms with Gasteiger partial charge in [0.05, 0.1) is 6.04 Å². The molecule has 0 radical (unpaired) electrons. The van der Waals surface area contributed by atoms with Gasteiger partial charge >= 0.3 is 0 Å². The first-order valence-corrected chi connectivity index (χ1v) is 9.66. The van der Waals surface area contributed by atoms with Crippen molar-refractivity contribution in [2.45, 2.75) is 38.3 Å². The first-order valence-electron chi connectivity index (χ1n) is 9.66. The lowest BCUT2D eigenvalue weighted by Gasteiger charge is -2.38. The molecule has 2 heterocycles. The van der Waals surface area contributed by atoms with Crippen molar-refractivity contribution in [3.8, 4) is 0 Å². The quantitative estimate of drug-likeness (QED) is 0.884. The molecular formula is C20H32N4O. The Hall–Kier alpha value is -1.59. The number of likely N-dealkylation sites (N-methyl/N-ethyl adjacent to an activating group) is 1.